The molecule has 1 aliphatic rings. The van der Waals surface area contributed by atoms with Crippen LogP contribution in [0.3, 0.4) is 0 Å². The smallest absolute Gasteiger partial charge is 0.406 e. The van der Waals surface area contributed by atoms with Crippen LogP contribution in [0.2, 0.25) is 5.02 Å². The molecule has 0 fully saturated rings. The summed E-state index contributed by atoms with van der Waals surface area (Å²) >= 11 is 5.92. The highest BCUT2D eigenvalue weighted by molar-refractivity contribution is 6.30. The number of rotatable bonds is 3. The summed E-state index contributed by atoms with van der Waals surface area (Å²) in [4.78, 5) is 18.8. The summed E-state index contributed by atoms with van der Waals surface area (Å²) < 4.78 is 42.7. The monoisotopic (exact) mass is 409 g/mol. The maximum atomic E-state index is 12.4. The average molecular weight is 410 g/mol. The number of ether oxygens (including phenoxy) is 1. The van der Waals surface area contributed by atoms with Gasteiger partial charge in [-0.05, 0) is 48.7 Å². The van der Waals surface area contributed by atoms with Crippen LogP contribution in [0.1, 0.15) is 17.7 Å². The van der Waals surface area contributed by atoms with E-state index < -0.39 is 6.36 Å². The lowest BCUT2D eigenvalue weighted by molar-refractivity contribution is -0.274. The topological polar surface area (TPSA) is 46.8 Å². The molecular formula is C19H15ClF3N3O2. The summed E-state index contributed by atoms with van der Waals surface area (Å²) in [6.45, 7) is 1.09. The Bertz CT molecular complexity index is 1100. The summed E-state index contributed by atoms with van der Waals surface area (Å²) in [7, 11) is 0. The molecule has 1 aliphatic heterocycles. The van der Waals surface area contributed by atoms with Gasteiger partial charge in [-0.1, -0.05) is 11.6 Å². The van der Waals surface area contributed by atoms with Gasteiger partial charge in [0.1, 0.15) is 11.4 Å². The molecule has 2 aromatic heterocycles. The second-order valence-electron chi connectivity index (χ2n) is 6.52. The molecule has 0 atom stereocenters. The minimum absolute atomic E-state index is 0.230. The molecule has 146 valence electrons. The molecule has 28 heavy (non-hydrogen) atoms. The van der Waals surface area contributed by atoms with Gasteiger partial charge in [0.25, 0.3) is 5.56 Å². The van der Waals surface area contributed by atoms with Crippen LogP contribution >= 0.6 is 11.6 Å². The van der Waals surface area contributed by atoms with Crippen molar-refractivity contribution >= 4 is 22.9 Å². The van der Waals surface area contributed by atoms with Crippen molar-refractivity contribution in [3.05, 3.63) is 69.2 Å². The minimum Gasteiger partial charge on any atom is -0.406 e. The fourth-order valence-corrected chi connectivity index (χ4v) is 3.58. The number of nitrogens with zero attached hydrogens (tertiary/aromatic N) is 3. The fourth-order valence-electron chi connectivity index (χ4n) is 3.42. The van der Waals surface area contributed by atoms with E-state index in [0.717, 1.165) is 17.7 Å². The van der Waals surface area contributed by atoms with E-state index in [4.69, 9.17) is 11.6 Å². The first kappa shape index (κ1) is 18.6. The molecule has 0 amide bonds. The van der Waals surface area contributed by atoms with Crippen molar-refractivity contribution < 1.29 is 17.9 Å². The van der Waals surface area contributed by atoms with Crippen LogP contribution in [0.5, 0.6) is 5.75 Å². The minimum atomic E-state index is -4.72. The molecule has 0 saturated carbocycles. The Morgan fingerprint density at radius 2 is 2.00 bits per heavy atom. The van der Waals surface area contributed by atoms with E-state index in [1.165, 1.54) is 28.8 Å². The Balaban J connectivity index is 1.63. The van der Waals surface area contributed by atoms with Gasteiger partial charge in [0, 0.05) is 24.5 Å². The fraction of sp³-hybridized carbons (Fsp3) is 0.263. The van der Waals surface area contributed by atoms with E-state index in [2.05, 4.69) is 9.72 Å². The SMILES string of the molecule is O=c1cc(CN2CCCc3cc(OC(F)(F)F)ccc32)nc2ccc(Cl)cn12. The molecule has 0 saturated heterocycles. The van der Waals surface area contributed by atoms with Crippen LogP contribution in [-0.2, 0) is 13.0 Å². The van der Waals surface area contributed by atoms with Crippen LogP contribution in [-0.4, -0.2) is 22.3 Å². The molecule has 3 aromatic rings. The Kier molecular flexibility index (Phi) is 4.66. The number of hydrogen-bond acceptors (Lipinski definition) is 4. The molecule has 0 radical (unpaired) electrons. The Morgan fingerprint density at radius 3 is 2.79 bits per heavy atom. The first-order valence-corrected chi connectivity index (χ1v) is 8.98. The lowest BCUT2D eigenvalue weighted by atomic mass is 10.0. The molecule has 0 N–H and O–H groups in total. The van der Waals surface area contributed by atoms with Gasteiger partial charge in [0.2, 0.25) is 0 Å². The Hall–Kier alpha value is -2.74. The van der Waals surface area contributed by atoms with Crippen molar-refractivity contribution in [2.45, 2.75) is 25.7 Å². The maximum Gasteiger partial charge on any atom is 0.573 e. The van der Waals surface area contributed by atoms with Crippen molar-refractivity contribution in [3.63, 3.8) is 0 Å². The van der Waals surface area contributed by atoms with Crippen LogP contribution < -0.4 is 15.2 Å². The van der Waals surface area contributed by atoms with Crippen molar-refractivity contribution in [1.82, 2.24) is 9.38 Å². The first-order chi connectivity index (χ1) is 13.3. The third-order valence-corrected chi connectivity index (χ3v) is 4.75. The standard InChI is InChI=1S/C19H15ClF3N3O2/c20-13-3-6-17-24-14(9-18(27)26(17)10-13)11-25-7-1-2-12-8-15(4-5-16(12)25)28-19(21,22)23/h3-6,8-10H,1-2,7,11H2. The largest absolute Gasteiger partial charge is 0.573 e. The number of hydrogen-bond donors (Lipinski definition) is 0. The van der Waals surface area contributed by atoms with E-state index in [1.54, 1.807) is 18.2 Å². The lowest BCUT2D eigenvalue weighted by Gasteiger charge is -2.31. The second-order valence-corrected chi connectivity index (χ2v) is 6.96. The van der Waals surface area contributed by atoms with Crippen LogP contribution in [0.15, 0.2) is 47.4 Å². The van der Waals surface area contributed by atoms with Crippen molar-refractivity contribution in [2.75, 3.05) is 11.4 Å². The normalized spacial score (nSPS) is 14.2. The predicted octanol–water partition coefficient (Wildman–Crippen LogP) is 4.20. The number of halogens is 4. The first-order valence-electron chi connectivity index (χ1n) is 8.60. The third kappa shape index (κ3) is 3.91. The number of fused-ring (bicyclic) bond motifs is 2. The predicted molar refractivity (Wildman–Crippen MR) is 99.0 cm³/mol. The number of alkyl halides is 3. The quantitative estimate of drug-likeness (QED) is 0.650. The Labute approximate surface area is 162 Å². The molecule has 5 nitrogen and oxygen atoms in total. The zero-order valence-corrected chi connectivity index (χ0v) is 15.3. The van der Waals surface area contributed by atoms with Gasteiger partial charge >= 0.3 is 6.36 Å². The van der Waals surface area contributed by atoms with E-state index in [-0.39, 0.29) is 11.3 Å². The molecule has 0 aliphatic carbocycles. The highest BCUT2D eigenvalue weighted by Crippen LogP contribution is 2.33. The van der Waals surface area contributed by atoms with Crippen LogP contribution in [0.25, 0.3) is 5.65 Å². The van der Waals surface area contributed by atoms with E-state index in [0.29, 0.717) is 35.9 Å². The molecule has 1 aromatic carbocycles. The summed E-state index contributed by atoms with van der Waals surface area (Å²) in [6.07, 6.45) is -1.77. The van der Waals surface area contributed by atoms with Crippen molar-refractivity contribution in [2.24, 2.45) is 0 Å². The lowest BCUT2D eigenvalue weighted by Crippen LogP contribution is -2.30. The summed E-state index contributed by atoms with van der Waals surface area (Å²) in [6, 6.07) is 9.10. The van der Waals surface area contributed by atoms with Gasteiger partial charge < -0.3 is 9.64 Å². The number of benzene rings is 1. The van der Waals surface area contributed by atoms with Gasteiger partial charge in [0.05, 0.1) is 17.3 Å². The van der Waals surface area contributed by atoms with E-state index in [9.17, 15) is 18.0 Å². The number of aryl methyl sites for hydroxylation is 1. The summed E-state index contributed by atoms with van der Waals surface area (Å²) in [5, 5.41) is 0.436. The van der Waals surface area contributed by atoms with Gasteiger partial charge in [-0.3, -0.25) is 9.20 Å². The average Bonchev–Trinajstić information content (AvgIpc) is 2.61. The molecule has 9 heteroatoms. The van der Waals surface area contributed by atoms with Crippen LogP contribution in [0, 0.1) is 0 Å². The molecule has 0 unspecified atom stereocenters. The van der Waals surface area contributed by atoms with Crippen molar-refractivity contribution in [3.8, 4) is 5.75 Å². The summed E-state index contributed by atoms with van der Waals surface area (Å²) in [5.41, 5.74) is 2.42. The van der Waals surface area contributed by atoms with E-state index >= 15 is 0 Å². The van der Waals surface area contributed by atoms with Gasteiger partial charge in [-0.2, -0.15) is 0 Å². The molecule has 0 bridgehead atoms. The third-order valence-electron chi connectivity index (χ3n) is 4.53. The van der Waals surface area contributed by atoms with Gasteiger partial charge in [0.15, 0.2) is 0 Å². The highest BCUT2D eigenvalue weighted by atomic mass is 35.5. The van der Waals surface area contributed by atoms with E-state index in [1.807, 2.05) is 4.90 Å². The van der Waals surface area contributed by atoms with Gasteiger partial charge in [-0.25, -0.2) is 4.98 Å². The van der Waals surface area contributed by atoms with Crippen LogP contribution in [0.4, 0.5) is 18.9 Å². The molecule has 3 heterocycles. The second kappa shape index (κ2) is 7.01. The Morgan fingerprint density at radius 1 is 1.18 bits per heavy atom. The summed E-state index contributed by atoms with van der Waals surface area (Å²) in [5.74, 6) is -0.230. The number of aromatic nitrogens is 2. The maximum absolute atomic E-state index is 12.4. The van der Waals surface area contributed by atoms with Crippen molar-refractivity contribution in [1.29, 1.82) is 0 Å². The zero-order chi connectivity index (χ0) is 19.9. The number of pyridine rings is 1. The van der Waals surface area contributed by atoms with Gasteiger partial charge in [-0.15, -0.1) is 13.2 Å². The molecule has 0 spiro atoms. The molecular weight excluding hydrogens is 395 g/mol. The highest BCUT2D eigenvalue weighted by Gasteiger charge is 2.31. The number of anilines is 1. The molecule has 4 rings (SSSR count). The zero-order valence-electron chi connectivity index (χ0n) is 14.5.